The summed E-state index contributed by atoms with van der Waals surface area (Å²) in [5, 5.41) is 38.9. The van der Waals surface area contributed by atoms with Crippen LogP contribution in [0.5, 0.6) is 0 Å². The number of nitrogens with one attached hydrogen (secondary N) is 18. The van der Waals surface area contributed by atoms with Crippen molar-refractivity contribution in [3.63, 3.8) is 0 Å². The Labute approximate surface area is 429 Å². The van der Waals surface area contributed by atoms with Crippen LogP contribution in [0.3, 0.4) is 0 Å². The van der Waals surface area contributed by atoms with E-state index in [0.717, 1.165) is 0 Å². The standard InChI is InChI=1S/C38H59N19O19/c1-20(58)40-3-22(60)42-5-24(62)44-7-26(64)46-9-28(66)48-11-30(68)50-13-32(70)52-15-34(72)54-17-36(74)56-19-38(76)57-18-37(75)55-16-35(73)53-14-33(71)51-12-31(69)49-10-29(67)47-8-27(65)45-6-25(63)43-4-23(61)41-2-21(39)59/h2-19H2,1H3,(H2,39,59)(H,40,58)(H,41,61)(H,42,60)(H,43,63)(H,44,62)(H,45,65)(H,46,64)(H,47,67)(H,48,66)(H,49,69)(H,50,68)(H,51,71)(H,52,70)(H,53,73)(H,54,72)(H,55,75)(H,56,74)(H,57,76). The Bertz CT molecular complexity index is 2060. The van der Waals surface area contributed by atoms with Gasteiger partial charge in [-0.15, -0.1) is 0 Å². The minimum absolute atomic E-state index is 0.349. The molecule has 19 amide bonds. The zero-order valence-electron chi connectivity index (χ0n) is 40.6. The third kappa shape index (κ3) is 39.6. The maximum Gasteiger partial charge on any atom is 0.239 e. The lowest BCUT2D eigenvalue weighted by molar-refractivity contribution is -0.130. The smallest absolute Gasteiger partial charge is 0.239 e. The summed E-state index contributed by atoms with van der Waals surface area (Å²) in [6.45, 7) is -9.11. The summed E-state index contributed by atoms with van der Waals surface area (Å²) in [5.41, 5.74) is 4.87. The molecule has 0 saturated carbocycles. The predicted octanol–water partition coefficient (Wildman–Crippen LogP) is -16.4. The van der Waals surface area contributed by atoms with Crippen LogP contribution in [-0.4, -0.2) is 230 Å². The highest BCUT2D eigenvalue weighted by atomic mass is 16.2. The predicted molar refractivity (Wildman–Crippen MR) is 249 cm³/mol. The van der Waals surface area contributed by atoms with Crippen molar-refractivity contribution in [2.75, 3.05) is 118 Å². The van der Waals surface area contributed by atoms with E-state index in [9.17, 15) is 91.1 Å². The second kappa shape index (κ2) is 38.6. The van der Waals surface area contributed by atoms with E-state index in [1.165, 1.54) is 6.92 Å². The number of nitrogens with two attached hydrogens (primary N) is 1. The molecule has 0 aromatic rings. The van der Waals surface area contributed by atoms with Gasteiger partial charge in [0, 0.05) is 6.92 Å². The highest BCUT2D eigenvalue weighted by Gasteiger charge is 2.16. The van der Waals surface area contributed by atoms with Crippen molar-refractivity contribution in [1.82, 2.24) is 95.7 Å². The Morgan fingerprint density at radius 2 is 0.276 bits per heavy atom. The van der Waals surface area contributed by atoms with E-state index in [1.807, 2.05) is 0 Å². The quantitative estimate of drug-likeness (QED) is 0.0277. The summed E-state index contributed by atoms with van der Waals surface area (Å²) >= 11 is 0. The van der Waals surface area contributed by atoms with E-state index in [2.05, 4.69) is 95.7 Å². The molecule has 0 fully saturated rings. The first kappa shape index (κ1) is 65.9. The topological polar surface area (TPSA) is 567 Å². The molecule has 0 bridgehead atoms. The van der Waals surface area contributed by atoms with Gasteiger partial charge in [0.1, 0.15) is 0 Å². The second-order valence-corrected chi connectivity index (χ2v) is 14.6. The summed E-state index contributed by atoms with van der Waals surface area (Å²) in [6, 6.07) is 0. The lowest BCUT2D eigenvalue weighted by atomic mass is 10.4. The molecular formula is C38H59N19O19. The molecule has 0 aliphatic rings. The average molecular weight is 1090 g/mol. The largest absolute Gasteiger partial charge is 0.368 e. The van der Waals surface area contributed by atoms with E-state index < -0.39 is 223 Å². The Morgan fingerprint density at radius 3 is 0.368 bits per heavy atom. The zero-order valence-corrected chi connectivity index (χ0v) is 40.6. The molecule has 0 aromatic heterocycles. The maximum absolute atomic E-state index is 12.0. The van der Waals surface area contributed by atoms with Crippen LogP contribution in [0.25, 0.3) is 0 Å². The molecular weight excluding hydrogens is 1030 g/mol. The third-order valence-electron chi connectivity index (χ3n) is 8.10. The normalized spacial score (nSPS) is 9.80. The van der Waals surface area contributed by atoms with Gasteiger partial charge in [-0.05, 0) is 0 Å². The van der Waals surface area contributed by atoms with Gasteiger partial charge in [-0.25, -0.2) is 0 Å². The first-order chi connectivity index (χ1) is 35.8. The SMILES string of the molecule is CC(=O)NCC(=O)NCC(=O)NCC(=O)NCC(=O)NCC(=O)NCC(=O)NCC(=O)NCC(=O)NCC(=O)NCC(=O)NCC(=O)NCC(=O)NCC(=O)NCC(=O)NCC(=O)NCC(=O)NCC(=O)NCC(N)=O. The summed E-state index contributed by atoms with van der Waals surface area (Å²) in [6.07, 6.45) is 0. The van der Waals surface area contributed by atoms with Gasteiger partial charge in [-0.1, -0.05) is 0 Å². The van der Waals surface area contributed by atoms with Gasteiger partial charge in [-0.3, -0.25) is 91.1 Å². The Morgan fingerprint density at radius 1 is 0.184 bits per heavy atom. The first-order valence-electron chi connectivity index (χ1n) is 21.9. The maximum atomic E-state index is 12.0. The molecule has 0 rings (SSSR count). The van der Waals surface area contributed by atoms with Crippen molar-refractivity contribution in [3.8, 4) is 0 Å². The fourth-order valence-electron chi connectivity index (χ4n) is 4.31. The number of carbonyl (C=O) groups is 19. The van der Waals surface area contributed by atoms with Crippen LogP contribution in [0.2, 0.25) is 0 Å². The van der Waals surface area contributed by atoms with Crippen LogP contribution < -0.4 is 101 Å². The van der Waals surface area contributed by atoms with Gasteiger partial charge >= 0.3 is 0 Å². The summed E-state index contributed by atoms with van der Waals surface area (Å²) in [5.74, 6) is -14.9. The molecule has 0 atom stereocenters. The molecule has 0 radical (unpaired) electrons. The van der Waals surface area contributed by atoms with Gasteiger partial charge in [0.2, 0.25) is 112 Å². The molecule has 0 aliphatic heterocycles. The van der Waals surface area contributed by atoms with Crippen molar-refractivity contribution in [1.29, 1.82) is 0 Å². The van der Waals surface area contributed by atoms with Crippen LogP contribution in [0.4, 0.5) is 0 Å². The van der Waals surface area contributed by atoms with Gasteiger partial charge < -0.3 is 101 Å². The molecule has 20 N–H and O–H groups in total. The molecule has 0 heterocycles. The van der Waals surface area contributed by atoms with E-state index in [4.69, 9.17) is 5.73 Å². The molecule has 0 aliphatic carbocycles. The highest BCUT2D eigenvalue weighted by molar-refractivity contribution is 5.96. The van der Waals surface area contributed by atoms with Gasteiger partial charge in [-0.2, -0.15) is 0 Å². The number of amides is 19. The monoisotopic (exact) mass is 1090 g/mol. The van der Waals surface area contributed by atoms with Crippen molar-refractivity contribution in [3.05, 3.63) is 0 Å². The summed E-state index contributed by atoms with van der Waals surface area (Å²) in [7, 11) is 0. The van der Waals surface area contributed by atoms with Crippen LogP contribution in [0.15, 0.2) is 0 Å². The number of hydrogen-bond donors (Lipinski definition) is 19. The minimum Gasteiger partial charge on any atom is -0.368 e. The van der Waals surface area contributed by atoms with E-state index in [0.29, 0.717) is 0 Å². The van der Waals surface area contributed by atoms with Crippen LogP contribution >= 0.6 is 0 Å². The van der Waals surface area contributed by atoms with Crippen molar-refractivity contribution in [2.45, 2.75) is 6.92 Å². The average Bonchev–Trinajstić information content (AvgIpc) is 3.38. The third-order valence-corrected chi connectivity index (χ3v) is 8.10. The number of primary amides is 1. The fraction of sp³-hybridized carbons (Fsp3) is 0.500. The molecule has 76 heavy (non-hydrogen) atoms. The lowest BCUT2D eigenvalue weighted by Gasteiger charge is -2.10. The minimum atomic E-state index is -0.851. The van der Waals surface area contributed by atoms with Crippen molar-refractivity contribution >= 4 is 112 Å². The summed E-state index contributed by atoms with van der Waals surface area (Å²) < 4.78 is 0. The second-order valence-electron chi connectivity index (χ2n) is 14.6. The molecule has 0 spiro atoms. The molecule has 0 unspecified atom stereocenters. The van der Waals surface area contributed by atoms with E-state index in [-0.39, 0.29) is 6.54 Å². The van der Waals surface area contributed by atoms with Crippen LogP contribution in [0.1, 0.15) is 6.92 Å². The Kier molecular flexibility index (Phi) is 33.5. The molecule has 420 valence electrons. The van der Waals surface area contributed by atoms with Gasteiger partial charge in [0.25, 0.3) is 0 Å². The molecule has 38 heteroatoms. The lowest BCUT2D eigenvalue weighted by Crippen LogP contribution is -2.48. The Hall–Kier alpha value is -10.1. The van der Waals surface area contributed by atoms with Crippen molar-refractivity contribution in [2.24, 2.45) is 5.73 Å². The summed E-state index contributed by atoms with van der Waals surface area (Å²) in [4.78, 5) is 223. The number of rotatable bonds is 36. The van der Waals surface area contributed by atoms with Gasteiger partial charge in [0.15, 0.2) is 0 Å². The van der Waals surface area contributed by atoms with E-state index >= 15 is 0 Å². The fourth-order valence-corrected chi connectivity index (χ4v) is 4.31. The zero-order chi connectivity index (χ0) is 57.4. The van der Waals surface area contributed by atoms with Crippen molar-refractivity contribution < 1.29 is 91.1 Å². The van der Waals surface area contributed by atoms with Crippen LogP contribution in [-0.2, 0) is 91.1 Å². The number of hydrogen-bond acceptors (Lipinski definition) is 19. The number of carbonyl (C=O) groups excluding carboxylic acids is 19. The van der Waals surface area contributed by atoms with Crippen LogP contribution in [0, 0.1) is 0 Å². The molecule has 0 saturated heterocycles. The van der Waals surface area contributed by atoms with Gasteiger partial charge in [0.05, 0.1) is 118 Å². The molecule has 0 aromatic carbocycles. The first-order valence-corrected chi connectivity index (χ1v) is 21.9. The Balaban J connectivity index is 4.06. The molecule has 38 nitrogen and oxygen atoms in total. The van der Waals surface area contributed by atoms with E-state index in [1.54, 1.807) is 0 Å². The highest BCUT2D eigenvalue weighted by Crippen LogP contribution is 1.78.